The van der Waals surface area contributed by atoms with Crippen LogP contribution in [-0.2, 0) is 13.1 Å². The van der Waals surface area contributed by atoms with Crippen LogP contribution in [0.2, 0.25) is 0 Å². The van der Waals surface area contributed by atoms with Gasteiger partial charge in [-0.05, 0) is 64.1 Å². The van der Waals surface area contributed by atoms with Crippen LogP contribution in [0.1, 0.15) is 51.7 Å². The van der Waals surface area contributed by atoms with Gasteiger partial charge in [-0.25, -0.2) is 0 Å². The van der Waals surface area contributed by atoms with Crippen molar-refractivity contribution in [2.45, 2.75) is 59.7 Å². The Morgan fingerprint density at radius 3 is 2.39 bits per heavy atom. The van der Waals surface area contributed by atoms with E-state index in [9.17, 15) is 0 Å². The number of hydrogen-bond acceptors (Lipinski definition) is 3. The van der Waals surface area contributed by atoms with Crippen LogP contribution in [0, 0.1) is 0 Å². The maximum atomic E-state index is 4.38. The Hall–Kier alpha value is -0.860. The quantitative estimate of drug-likeness (QED) is 0.258. The van der Waals surface area contributed by atoms with E-state index in [0.717, 1.165) is 45.1 Å². The first-order valence-electron chi connectivity index (χ1n) is 10.5. The molecule has 0 amide bonds. The molecule has 0 radical (unpaired) electrons. The maximum Gasteiger partial charge on any atom is 0.191 e. The minimum absolute atomic E-state index is 0. The van der Waals surface area contributed by atoms with Crippen LogP contribution < -0.4 is 10.6 Å². The zero-order valence-electron chi connectivity index (χ0n) is 18.8. The normalized spacial score (nSPS) is 12.8. The molecule has 1 aromatic carbocycles. The Morgan fingerprint density at radius 2 is 1.79 bits per heavy atom. The summed E-state index contributed by atoms with van der Waals surface area (Å²) in [5.74, 6) is 0.876. The molecular weight excluding hydrogens is 461 g/mol. The van der Waals surface area contributed by atoms with E-state index in [1.54, 1.807) is 0 Å². The molecule has 162 valence electrons. The van der Waals surface area contributed by atoms with Gasteiger partial charge in [-0.1, -0.05) is 45.0 Å². The molecule has 28 heavy (non-hydrogen) atoms. The number of halogens is 1. The molecule has 1 unspecified atom stereocenters. The van der Waals surface area contributed by atoms with Gasteiger partial charge in [0, 0.05) is 26.2 Å². The van der Waals surface area contributed by atoms with E-state index >= 15 is 0 Å². The van der Waals surface area contributed by atoms with Gasteiger partial charge in [-0.3, -0.25) is 4.99 Å². The van der Waals surface area contributed by atoms with Crippen LogP contribution in [0.15, 0.2) is 29.3 Å². The van der Waals surface area contributed by atoms with Crippen LogP contribution >= 0.6 is 24.0 Å². The first-order chi connectivity index (χ1) is 13.0. The predicted molar refractivity (Wildman–Crippen MR) is 134 cm³/mol. The second kappa shape index (κ2) is 16.0. The number of hydrogen-bond donors (Lipinski definition) is 2. The molecule has 0 aliphatic carbocycles. The van der Waals surface area contributed by atoms with Crippen molar-refractivity contribution in [1.82, 2.24) is 20.4 Å². The third-order valence-corrected chi connectivity index (χ3v) is 5.06. The first-order valence-corrected chi connectivity index (χ1v) is 10.5. The van der Waals surface area contributed by atoms with Crippen molar-refractivity contribution in [3.63, 3.8) is 0 Å². The van der Waals surface area contributed by atoms with E-state index in [2.05, 4.69) is 84.4 Å². The second-order valence-corrected chi connectivity index (χ2v) is 7.29. The van der Waals surface area contributed by atoms with Gasteiger partial charge >= 0.3 is 0 Å². The number of nitrogens with one attached hydrogen (secondary N) is 2. The third-order valence-electron chi connectivity index (χ3n) is 5.06. The Morgan fingerprint density at radius 1 is 1.11 bits per heavy atom. The van der Waals surface area contributed by atoms with Gasteiger partial charge in [0.05, 0.1) is 0 Å². The molecule has 0 heterocycles. The number of aliphatic imine (C=N–C) groups is 1. The highest BCUT2D eigenvalue weighted by molar-refractivity contribution is 14.0. The summed E-state index contributed by atoms with van der Waals surface area (Å²) in [6.07, 6.45) is 2.36. The molecule has 0 fully saturated rings. The molecule has 0 spiro atoms. The van der Waals surface area contributed by atoms with Crippen LogP contribution in [0.25, 0.3) is 0 Å². The minimum atomic E-state index is 0. The van der Waals surface area contributed by atoms with Crippen molar-refractivity contribution in [2.75, 3.05) is 40.3 Å². The summed E-state index contributed by atoms with van der Waals surface area (Å²) < 4.78 is 0. The highest BCUT2D eigenvalue weighted by Gasteiger charge is 2.07. The van der Waals surface area contributed by atoms with Crippen molar-refractivity contribution in [2.24, 2.45) is 4.99 Å². The average Bonchev–Trinajstić information content (AvgIpc) is 2.68. The average molecular weight is 504 g/mol. The summed E-state index contributed by atoms with van der Waals surface area (Å²) in [5.41, 5.74) is 2.64. The van der Waals surface area contributed by atoms with E-state index in [-0.39, 0.29) is 24.0 Å². The fourth-order valence-corrected chi connectivity index (χ4v) is 3.11. The summed E-state index contributed by atoms with van der Waals surface area (Å²) in [7, 11) is 3.99. The molecule has 1 rings (SSSR count). The van der Waals surface area contributed by atoms with Crippen molar-refractivity contribution < 1.29 is 0 Å². The Bertz CT molecular complexity index is 545. The molecule has 0 aliphatic rings. The topological polar surface area (TPSA) is 42.9 Å². The fraction of sp³-hybridized carbons (Fsp3) is 0.682. The SMILES string of the molecule is CCN(C)Cc1cccc(CNC(=NC)NC(C)CCCN(CC)CC)c1.I. The summed E-state index contributed by atoms with van der Waals surface area (Å²) >= 11 is 0. The molecule has 6 heteroatoms. The van der Waals surface area contributed by atoms with Crippen LogP contribution in [0.5, 0.6) is 0 Å². The van der Waals surface area contributed by atoms with Crippen LogP contribution in [0.3, 0.4) is 0 Å². The van der Waals surface area contributed by atoms with Crippen LogP contribution in [-0.4, -0.2) is 62.1 Å². The van der Waals surface area contributed by atoms with Gasteiger partial charge in [0.1, 0.15) is 0 Å². The van der Waals surface area contributed by atoms with Gasteiger partial charge in [-0.2, -0.15) is 0 Å². The Labute approximate surface area is 190 Å². The fourth-order valence-electron chi connectivity index (χ4n) is 3.11. The van der Waals surface area contributed by atoms with Gasteiger partial charge < -0.3 is 20.4 Å². The largest absolute Gasteiger partial charge is 0.354 e. The number of guanidine groups is 1. The lowest BCUT2D eigenvalue weighted by Gasteiger charge is -2.21. The van der Waals surface area contributed by atoms with Crippen molar-refractivity contribution in [3.05, 3.63) is 35.4 Å². The molecule has 0 aliphatic heterocycles. The van der Waals surface area contributed by atoms with E-state index < -0.39 is 0 Å². The molecule has 0 bridgehead atoms. The smallest absolute Gasteiger partial charge is 0.191 e. The van der Waals surface area contributed by atoms with E-state index in [0.29, 0.717) is 6.04 Å². The molecule has 5 nitrogen and oxygen atoms in total. The highest BCUT2D eigenvalue weighted by Crippen LogP contribution is 2.07. The lowest BCUT2D eigenvalue weighted by Crippen LogP contribution is -2.42. The van der Waals surface area contributed by atoms with E-state index in [4.69, 9.17) is 0 Å². The summed E-state index contributed by atoms with van der Waals surface area (Å²) in [6, 6.07) is 9.20. The van der Waals surface area contributed by atoms with Gasteiger partial charge in [-0.15, -0.1) is 24.0 Å². The van der Waals surface area contributed by atoms with Crippen molar-refractivity contribution in [3.8, 4) is 0 Å². The number of rotatable bonds is 12. The lowest BCUT2D eigenvalue weighted by atomic mass is 10.1. The second-order valence-electron chi connectivity index (χ2n) is 7.29. The molecule has 0 saturated carbocycles. The summed E-state index contributed by atoms with van der Waals surface area (Å²) in [4.78, 5) is 9.17. The maximum absolute atomic E-state index is 4.38. The Balaban J connectivity index is 0.00000729. The Kier molecular flexibility index (Phi) is 15.5. The third kappa shape index (κ3) is 11.2. The van der Waals surface area contributed by atoms with E-state index in [1.807, 2.05) is 7.05 Å². The molecular formula is C22H42IN5. The highest BCUT2D eigenvalue weighted by atomic mass is 127. The van der Waals surface area contributed by atoms with Crippen molar-refractivity contribution in [1.29, 1.82) is 0 Å². The minimum Gasteiger partial charge on any atom is -0.354 e. The standard InChI is InChI=1S/C22H41N5.HI/c1-7-26(6)18-21-14-10-13-20(16-21)17-24-22(23-5)25-19(4)12-11-15-27(8-2)9-3;/h10,13-14,16,19H,7-9,11-12,15,17-18H2,1-6H3,(H2,23,24,25);1H. The number of nitrogens with zero attached hydrogens (tertiary/aromatic N) is 3. The monoisotopic (exact) mass is 503 g/mol. The van der Waals surface area contributed by atoms with Crippen LogP contribution in [0.4, 0.5) is 0 Å². The number of benzene rings is 1. The van der Waals surface area contributed by atoms with Gasteiger partial charge in [0.25, 0.3) is 0 Å². The molecule has 1 aromatic rings. The molecule has 0 aromatic heterocycles. The van der Waals surface area contributed by atoms with E-state index in [1.165, 1.54) is 24.1 Å². The summed E-state index contributed by atoms with van der Waals surface area (Å²) in [5, 5.41) is 6.96. The van der Waals surface area contributed by atoms with Gasteiger partial charge in [0.15, 0.2) is 5.96 Å². The zero-order valence-corrected chi connectivity index (χ0v) is 21.1. The van der Waals surface area contributed by atoms with Crippen molar-refractivity contribution >= 4 is 29.9 Å². The molecule has 2 N–H and O–H groups in total. The molecule has 0 saturated heterocycles. The van der Waals surface area contributed by atoms with Gasteiger partial charge in [0.2, 0.25) is 0 Å². The zero-order chi connectivity index (χ0) is 20.1. The summed E-state index contributed by atoms with van der Waals surface area (Å²) in [6.45, 7) is 15.1. The first kappa shape index (κ1) is 27.1. The lowest BCUT2D eigenvalue weighted by molar-refractivity contribution is 0.292. The predicted octanol–water partition coefficient (Wildman–Crippen LogP) is 3.93. The molecule has 1 atom stereocenters.